The van der Waals surface area contributed by atoms with Crippen LogP contribution in [0.15, 0.2) is 29.1 Å². The summed E-state index contributed by atoms with van der Waals surface area (Å²) in [5.41, 5.74) is 1.18. The molecule has 4 rings (SSSR count). The van der Waals surface area contributed by atoms with Crippen molar-refractivity contribution in [3.63, 3.8) is 0 Å². The molecule has 0 aliphatic carbocycles. The molecule has 0 radical (unpaired) electrons. The highest BCUT2D eigenvalue weighted by atomic mass is 35.5. The number of halogens is 1. The van der Waals surface area contributed by atoms with Gasteiger partial charge in [-0.15, -0.1) is 5.10 Å². The fourth-order valence-electron chi connectivity index (χ4n) is 3.74. The Bertz CT molecular complexity index is 1110. The molecule has 1 aliphatic heterocycles. The maximum atomic E-state index is 12.6. The van der Waals surface area contributed by atoms with E-state index in [1.54, 1.807) is 4.68 Å². The minimum Gasteiger partial charge on any atom is -0.342 e. The number of fused-ring (bicyclic) bond motifs is 1. The molecule has 8 nitrogen and oxygen atoms in total. The number of benzene rings is 1. The number of hydrogen-bond donors (Lipinski definition) is 1. The van der Waals surface area contributed by atoms with Gasteiger partial charge < -0.3 is 9.88 Å². The van der Waals surface area contributed by atoms with Crippen LogP contribution in [-0.2, 0) is 11.3 Å². The van der Waals surface area contributed by atoms with Gasteiger partial charge in [0, 0.05) is 29.9 Å². The van der Waals surface area contributed by atoms with Gasteiger partial charge in [0.05, 0.1) is 6.54 Å². The summed E-state index contributed by atoms with van der Waals surface area (Å²) in [6.45, 7) is 5.46. The summed E-state index contributed by atoms with van der Waals surface area (Å²) in [5.74, 6) is 0.631. The number of carbonyl (C=O) groups excluding carboxylic acids is 1. The Morgan fingerprint density at radius 2 is 2.14 bits per heavy atom. The van der Waals surface area contributed by atoms with Gasteiger partial charge in [-0.05, 0) is 24.5 Å². The van der Waals surface area contributed by atoms with E-state index in [4.69, 9.17) is 11.6 Å². The highest BCUT2D eigenvalue weighted by Gasteiger charge is 2.28. The molecule has 0 saturated carbocycles. The molecular weight excluding hydrogens is 392 g/mol. The van der Waals surface area contributed by atoms with Crippen LogP contribution in [0.2, 0.25) is 5.02 Å². The van der Waals surface area contributed by atoms with E-state index < -0.39 is 0 Å². The zero-order chi connectivity index (χ0) is 20.5. The molecule has 1 saturated heterocycles. The molecule has 0 spiro atoms. The number of aromatic nitrogens is 5. The number of carbonyl (C=O) groups is 1. The summed E-state index contributed by atoms with van der Waals surface area (Å²) in [7, 11) is 0. The Labute approximate surface area is 172 Å². The van der Waals surface area contributed by atoms with Crippen LogP contribution in [0, 0.1) is 5.92 Å². The van der Waals surface area contributed by atoms with Crippen molar-refractivity contribution in [1.29, 1.82) is 0 Å². The number of hydrogen-bond acceptors (Lipinski definition) is 5. The molecule has 1 amide bonds. The van der Waals surface area contributed by atoms with Gasteiger partial charge in [0.2, 0.25) is 5.91 Å². The quantitative estimate of drug-likeness (QED) is 0.707. The van der Waals surface area contributed by atoms with Crippen molar-refractivity contribution in [2.24, 2.45) is 5.92 Å². The van der Waals surface area contributed by atoms with Crippen LogP contribution in [0.25, 0.3) is 11.2 Å². The van der Waals surface area contributed by atoms with Crippen LogP contribution in [0.5, 0.6) is 0 Å². The third-order valence-electron chi connectivity index (χ3n) is 5.28. The lowest BCUT2D eigenvalue weighted by atomic mass is 9.96. The van der Waals surface area contributed by atoms with E-state index in [0.717, 1.165) is 24.9 Å². The van der Waals surface area contributed by atoms with E-state index in [1.165, 1.54) is 0 Å². The average molecular weight is 415 g/mol. The number of amides is 1. The Hall–Kier alpha value is -2.74. The Kier molecular flexibility index (Phi) is 5.36. The van der Waals surface area contributed by atoms with Crippen molar-refractivity contribution in [2.45, 2.75) is 39.2 Å². The average Bonchev–Trinajstić information content (AvgIpc) is 3.12. The van der Waals surface area contributed by atoms with E-state index in [2.05, 4.69) is 20.3 Å². The summed E-state index contributed by atoms with van der Waals surface area (Å²) >= 11 is 6.26. The van der Waals surface area contributed by atoms with Gasteiger partial charge >= 0.3 is 0 Å². The van der Waals surface area contributed by atoms with Crippen molar-refractivity contribution in [1.82, 2.24) is 29.9 Å². The minimum atomic E-state index is -0.317. The van der Waals surface area contributed by atoms with E-state index in [1.807, 2.05) is 43.0 Å². The minimum absolute atomic E-state index is 0.0211. The maximum absolute atomic E-state index is 12.6. The first kappa shape index (κ1) is 19.6. The molecule has 1 aliphatic rings. The van der Waals surface area contributed by atoms with Gasteiger partial charge in [-0.25, -0.2) is 9.67 Å². The van der Waals surface area contributed by atoms with Crippen LogP contribution in [-0.4, -0.2) is 48.9 Å². The zero-order valence-electron chi connectivity index (χ0n) is 16.4. The van der Waals surface area contributed by atoms with E-state index in [9.17, 15) is 9.59 Å². The number of H-pyrrole nitrogens is 1. The summed E-state index contributed by atoms with van der Waals surface area (Å²) in [6.07, 6.45) is 1.74. The zero-order valence-corrected chi connectivity index (χ0v) is 17.2. The van der Waals surface area contributed by atoms with Crippen molar-refractivity contribution < 1.29 is 4.79 Å². The Morgan fingerprint density at radius 1 is 1.34 bits per heavy atom. The molecule has 2 aromatic heterocycles. The van der Waals surface area contributed by atoms with Gasteiger partial charge in [-0.1, -0.05) is 48.9 Å². The second-order valence-electron chi connectivity index (χ2n) is 7.74. The molecule has 1 atom stereocenters. The van der Waals surface area contributed by atoms with Gasteiger partial charge in [-0.2, -0.15) is 0 Å². The molecule has 3 aromatic rings. The fraction of sp³-hybridized carbons (Fsp3) is 0.450. The van der Waals surface area contributed by atoms with Crippen LogP contribution < -0.4 is 5.56 Å². The Balaban J connectivity index is 1.67. The van der Waals surface area contributed by atoms with Gasteiger partial charge in [-0.3, -0.25) is 9.59 Å². The number of nitrogens with one attached hydrogen (secondary N) is 1. The standard InChI is InChI=1S/C20H23ClN6O2/c1-12(2)20(29)26-9-5-7-14(10-26)17-22-18-16(19(28)23-17)24-25-27(18)11-13-6-3-4-8-15(13)21/h3-4,6,8,12,14H,5,7,9-11H2,1-2H3,(H,22,23,28). The van der Waals surface area contributed by atoms with Crippen LogP contribution >= 0.6 is 11.6 Å². The molecule has 1 unspecified atom stereocenters. The van der Waals surface area contributed by atoms with E-state index >= 15 is 0 Å². The first-order valence-corrected chi connectivity index (χ1v) is 10.2. The molecule has 1 aromatic carbocycles. The Morgan fingerprint density at radius 3 is 2.90 bits per heavy atom. The monoisotopic (exact) mass is 414 g/mol. The van der Waals surface area contributed by atoms with Crippen LogP contribution in [0.4, 0.5) is 0 Å². The number of piperidine rings is 1. The largest absolute Gasteiger partial charge is 0.342 e. The molecule has 29 heavy (non-hydrogen) atoms. The summed E-state index contributed by atoms with van der Waals surface area (Å²) in [6, 6.07) is 7.47. The van der Waals surface area contributed by atoms with Gasteiger partial charge in [0.25, 0.3) is 5.56 Å². The van der Waals surface area contributed by atoms with Crippen molar-refractivity contribution in [2.75, 3.05) is 13.1 Å². The van der Waals surface area contributed by atoms with Crippen LogP contribution in [0.1, 0.15) is 44.0 Å². The topological polar surface area (TPSA) is 96.8 Å². The van der Waals surface area contributed by atoms with Crippen LogP contribution in [0.3, 0.4) is 0 Å². The third-order valence-corrected chi connectivity index (χ3v) is 5.65. The first-order valence-electron chi connectivity index (χ1n) is 9.79. The van der Waals surface area contributed by atoms with Gasteiger partial charge in [0.1, 0.15) is 5.82 Å². The lowest BCUT2D eigenvalue weighted by Crippen LogP contribution is -2.41. The highest BCUT2D eigenvalue weighted by Crippen LogP contribution is 2.26. The second-order valence-corrected chi connectivity index (χ2v) is 8.15. The normalized spacial score (nSPS) is 17.2. The molecule has 0 bridgehead atoms. The number of likely N-dealkylation sites (tertiary alicyclic amines) is 1. The fourth-order valence-corrected chi connectivity index (χ4v) is 3.93. The van der Waals surface area contributed by atoms with E-state index in [0.29, 0.717) is 29.6 Å². The number of nitrogens with zero attached hydrogens (tertiary/aromatic N) is 5. The molecule has 152 valence electrons. The maximum Gasteiger partial charge on any atom is 0.281 e. The lowest BCUT2D eigenvalue weighted by Gasteiger charge is -2.33. The SMILES string of the molecule is CC(C)C(=O)N1CCCC(c2nc3c(nnn3Cc3ccccc3Cl)c(=O)[nH]2)C1. The first-order chi connectivity index (χ1) is 13.9. The second kappa shape index (κ2) is 7.94. The number of rotatable bonds is 4. The molecule has 1 N–H and O–H groups in total. The number of aromatic amines is 1. The summed E-state index contributed by atoms with van der Waals surface area (Å²) < 4.78 is 1.59. The molecular formula is C20H23ClN6O2. The predicted molar refractivity (Wildman–Crippen MR) is 110 cm³/mol. The summed E-state index contributed by atoms with van der Waals surface area (Å²) in [5, 5.41) is 8.72. The predicted octanol–water partition coefficient (Wildman–Crippen LogP) is 2.58. The summed E-state index contributed by atoms with van der Waals surface area (Å²) in [4.78, 5) is 34.4. The van der Waals surface area contributed by atoms with Crippen molar-refractivity contribution >= 4 is 28.7 Å². The van der Waals surface area contributed by atoms with Crippen molar-refractivity contribution in [3.05, 3.63) is 51.0 Å². The van der Waals surface area contributed by atoms with E-state index in [-0.39, 0.29) is 28.8 Å². The third kappa shape index (κ3) is 3.89. The highest BCUT2D eigenvalue weighted by molar-refractivity contribution is 6.31. The molecule has 1 fully saturated rings. The molecule has 9 heteroatoms. The lowest BCUT2D eigenvalue weighted by molar-refractivity contribution is -0.135. The smallest absolute Gasteiger partial charge is 0.281 e. The van der Waals surface area contributed by atoms with Gasteiger partial charge in [0.15, 0.2) is 11.2 Å². The molecule has 3 heterocycles. The van der Waals surface area contributed by atoms with Crippen molar-refractivity contribution in [3.8, 4) is 0 Å².